The Kier molecular flexibility index (Phi) is 1.67. The van der Waals surface area contributed by atoms with Crippen molar-refractivity contribution in [3.05, 3.63) is 0 Å². The summed E-state index contributed by atoms with van der Waals surface area (Å²) in [6.45, 7) is 0. The molecule has 0 saturated heterocycles. The Hall–Kier alpha value is -1.06. The molecule has 50 valence electrons. The van der Waals surface area contributed by atoms with Gasteiger partial charge in [0.15, 0.2) is 6.21 Å². The molecule has 0 atom stereocenters. The molecule has 1 saturated carbocycles. The van der Waals surface area contributed by atoms with Gasteiger partial charge in [-0.3, -0.25) is 0 Å². The van der Waals surface area contributed by atoms with Crippen molar-refractivity contribution in [2.24, 2.45) is 5.16 Å². The average molecular weight is 129 g/mol. The van der Waals surface area contributed by atoms with Crippen molar-refractivity contribution in [2.45, 2.75) is 18.9 Å². The van der Waals surface area contributed by atoms with Crippen molar-refractivity contribution < 1.29 is 14.7 Å². The number of carboxylic acids is 1. The maximum Gasteiger partial charge on any atom is 0.350 e. The number of hydrogen-bond acceptors (Lipinski definition) is 3. The molecule has 1 N–H and O–H groups in total. The zero-order valence-corrected chi connectivity index (χ0v) is 4.78. The highest BCUT2D eigenvalue weighted by Crippen LogP contribution is 2.23. The van der Waals surface area contributed by atoms with Gasteiger partial charge in [-0.25, -0.2) is 4.79 Å². The van der Waals surface area contributed by atoms with E-state index >= 15 is 0 Å². The summed E-state index contributed by atoms with van der Waals surface area (Å²) in [4.78, 5) is 14.4. The Labute approximate surface area is 52.1 Å². The van der Waals surface area contributed by atoms with Gasteiger partial charge in [-0.2, -0.15) is 0 Å². The molecule has 4 heteroatoms. The van der Waals surface area contributed by atoms with Crippen LogP contribution in [0.5, 0.6) is 0 Å². The van der Waals surface area contributed by atoms with E-state index in [9.17, 15) is 4.79 Å². The molecule has 0 aromatic rings. The summed E-state index contributed by atoms with van der Waals surface area (Å²) < 4.78 is 0. The maximum atomic E-state index is 9.77. The molecule has 0 unspecified atom stereocenters. The number of oxime groups is 1. The maximum absolute atomic E-state index is 9.77. The van der Waals surface area contributed by atoms with Crippen molar-refractivity contribution >= 4 is 12.2 Å². The fourth-order valence-electron chi connectivity index (χ4n) is 0.335. The lowest BCUT2D eigenvalue weighted by atomic mass is 10.8. The second-order valence-electron chi connectivity index (χ2n) is 1.88. The van der Waals surface area contributed by atoms with Crippen molar-refractivity contribution in [1.82, 2.24) is 0 Å². The molecule has 0 aromatic carbocycles. The zero-order valence-electron chi connectivity index (χ0n) is 4.78. The lowest BCUT2D eigenvalue weighted by molar-refractivity contribution is -0.129. The van der Waals surface area contributed by atoms with Gasteiger partial charge in [0.05, 0.1) is 0 Å². The number of hydrogen-bond donors (Lipinski definition) is 1. The van der Waals surface area contributed by atoms with Gasteiger partial charge in [0.2, 0.25) is 0 Å². The van der Waals surface area contributed by atoms with E-state index < -0.39 is 5.97 Å². The topological polar surface area (TPSA) is 58.9 Å². The number of rotatable bonds is 3. The summed E-state index contributed by atoms with van der Waals surface area (Å²) in [6.07, 6.45) is 2.92. The highest BCUT2D eigenvalue weighted by Gasteiger charge is 2.23. The fraction of sp³-hybridized carbons (Fsp3) is 0.600. The van der Waals surface area contributed by atoms with Crippen LogP contribution in [0.25, 0.3) is 0 Å². The molecule has 1 aliphatic carbocycles. The van der Waals surface area contributed by atoms with Crippen LogP contribution >= 0.6 is 0 Å². The predicted molar refractivity (Wildman–Crippen MR) is 30.2 cm³/mol. The average Bonchev–Trinajstić information content (AvgIpc) is 2.48. The molecule has 0 aromatic heterocycles. The van der Waals surface area contributed by atoms with Crippen LogP contribution in [0.3, 0.4) is 0 Å². The number of aliphatic carboxylic acids is 1. The van der Waals surface area contributed by atoms with Crippen LogP contribution in [-0.4, -0.2) is 23.4 Å². The van der Waals surface area contributed by atoms with E-state index in [1.807, 2.05) is 0 Å². The van der Waals surface area contributed by atoms with Gasteiger partial charge in [0, 0.05) is 0 Å². The Morgan fingerprint density at radius 3 is 2.89 bits per heavy atom. The summed E-state index contributed by atoms with van der Waals surface area (Å²) in [5, 5.41) is 11.2. The molecule has 4 nitrogen and oxygen atoms in total. The van der Waals surface area contributed by atoms with Crippen LogP contribution < -0.4 is 0 Å². The SMILES string of the molecule is O=C(O)C=NOC1CC1. The lowest BCUT2D eigenvalue weighted by Crippen LogP contribution is -1.96. The monoisotopic (exact) mass is 129 g/mol. The smallest absolute Gasteiger partial charge is 0.350 e. The molecule has 0 aliphatic heterocycles. The van der Waals surface area contributed by atoms with Crippen LogP contribution in [-0.2, 0) is 9.63 Å². The van der Waals surface area contributed by atoms with Gasteiger partial charge in [-0.1, -0.05) is 5.16 Å². The Morgan fingerprint density at radius 1 is 1.78 bits per heavy atom. The van der Waals surface area contributed by atoms with E-state index in [0.29, 0.717) is 0 Å². The molecule has 0 bridgehead atoms. The third-order valence-electron chi connectivity index (χ3n) is 0.897. The molecule has 0 amide bonds. The van der Waals surface area contributed by atoms with Gasteiger partial charge >= 0.3 is 5.97 Å². The standard InChI is InChI=1S/C5H7NO3/c7-5(8)3-6-9-4-1-2-4/h3-4H,1-2H2,(H,7,8). The molecule has 0 heterocycles. The van der Waals surface area contributed by atoms with Crippen molar-refractivity contribution in [3.8, 4) is 0 Å². The minimum atomic E-state index is -1.07. The first kappa shape index (κ1) is 6.07. The highest BCUT2D eigenvalue weighted by atomic mass is 16.6. The van der Waals surface area contributed by atoms with Crippen molar-refractivity contribution in [1.29, 1.82) is 0 Å². The van der Waals surface area contributed by atoms with Crippen LogP contribution in [0.1, 0.15) is 12.8 Å². The summed E-state index contributed by atoms with van der Waals surface area (Å²) in [7, 11) is 0. The van der Waals surface area contributed by atoms with Crippen LogP contribution in [0.2, 0.25) is 0 Å². The lowest BCUT2D eigenvalue weighted by Gasteiger charge is -1.88. The third-order valence-corrected chi connectivity index (χ3v) is 0.897. The third kappa shape index (κ3) is 2.69. The van der Waals surface area contributed by atoms with Gasteiger partial charge in [0.1, 0.15) is 6.10 Å². The van der Waals surface area contributed by atoms with E-state index in [1.54, 1.807) is 0 Å². The second-order valence-corrected chi connectivity index (χ2v) is 1.88. The molecule has 1 fully saturated rings. The molecule has 1 rings (SSSR count). The molecule has 9 heavy (non-hydrogen) atoms. The Morgan fingerprint density at radius 2 is 2.44 bits per heavy atom. The first-order valence-electron chi connectivity index (χ1n) is 2.71. The molecular formula is C5H7NO3. The molecule has 0 spiro atoms. The van der Waals surface area contributed by atoms with Crippen molar-refractivity contribution in [2.75, 3.05) is 0 Å². The van der Waals surface area contributed by atoms with Gasteiger partial charge in [0.25, 0.3) is 0 Å². The second kappa shape index (κ2) is 2.48. The van der Waals surface area contributed by atoms with Crippen LogP contribution in [0.15, 0.2) is 5.16 Å². The van der Waals surface area contributed by atoms with E-state index in [4.69, 9.17) is 5.11 Å². The van der Waals surface area contributed by atoms with Gasteiger partial charge in [-0.15, -0.1) is 0 Å². The van der Waals surface area contributed by atoms with Gasteiger partial charge < -0.3 is 9.94 Å². The first-order chi connectivity index (χ1) is 4.29. The first-order valence-corrected chi connectivity index (χ1v) is 2.71. The fourth-order valence-corrected chi connectivity index (χ4v) is 0.335. The van der Waals surface area contributed by atoms with Crippen LogP contribution in [0, 0.1) is 0 Å². The summed E-state index contributed by atoms with van der Waals surface area (Å²) in [6, 6.07) is 0. The number of nitrogens with zero attached hydrogens (tertiary/aromatic N) is 1. The molecule has 1 aliphatic rings. The summed E-state index contributed by atoms with van der Waals surface area (Å²) >= 11 is 0. The minimum absolute atomic E-state index is 0.181. The van der Waals surface area contributed by atoms with Gasteiger partial charge in [-0.05, 0) is 12.8 Å². The van der Waals surface area contributed by atoms with E-state index in [-0.39, 0.29) is 6.10 Å². The Bertz CT molecular complexity index is 139. The van der Waals surface area contributed by atoms with Crippen molar-refractivity contribution in [3.63, 3.8) is 0 Å². The summed E-state index contributed by atoms with van der Waals surface area (Å²) in [5.74, 6) is -1.07. The molecule has 0 radical (unpaired) electrons. The normalized spacial score (nSPS) is 18.2. The minimum Gasteiger partial charge on any atom is -0.477 e. The van der Waals surface area contributed by atoms with E-state index in [1.165, 1.54) is 0 Å². The Balaban J connectivity index is 2.08. The van der Waals surface area contributed by atoms with Crippen LogP contribution in [0.4, 0.5) is 0 Å². The zero-order chi connectivity index (χ0) is 6.69. The van der Waals surface area contributed by atoms with E-state index in [0.717, 1.165) is 19.1 Å². The molecular weight excluding hydrogens is 122 g/mol. The predicted octanol–water partition coefficient (Wildman–Crippen LogP) is 0.236. The summed E-state index contributed by atoms with van der Waals surface area (Å²) in [5.41, 5.74) is 0. The largest absolute Gasteiger partial charge is 0.477 e. The number of carbonyl (C=O) groups is 1. The quantitative estimate of drug-likeness (QED) is 0.438. The highest BCUT2D eigenvalue weighted by molar-refractivity contribution is 6.21. The van der Waals surface area contributed by atoms with E-state index in [2.05, 4.69) is 9.99 Å². The number of carboxylic acid groups (broad SMARTS) is 1.